The van der Waals surface area contributed by atoms with Crippen LogP contribution in [0.25, 0.3) is 0 Å². The topological polar surface area (TPSA) is 9.23 Å². The molecular formula is C13H16BrFO. The number of hydrogen-bond donors (Lipinski definition) is 0. The third-order valence-corrected chi connectivity index (χ3v) is 5.04. The van der Waals surface area contributed by atoms with Crippen LogP contribution < -0.4 is 4.74 Å². The summed E-state index contributed by atoms with van der Waals surface area (Å²) in [5, 5.41) is 0. The lowest BCUT2D eigenvalue weighted by Gasteiger charge is -2.48. The van der Waals surface area contributed by atoms with Gasteiger partial charge in [0.15, 0.2) is 11.6 Å². The SMILES string of the molecule is Cc1cccc(OC2CC(Br)C2(C)C)c1F. The van der Waals surface area contributed by atoms with E-state index in [1.807, 2.05) is 6.07 Å². The Morgan fingerprint density at radius 1 is 1.44 bits per heavy atom. The Morgan fingerprint density at radius 2 is 2.12 bits per heavy atom. The van der Waals surface area contributed by atoms with Gasteiger partial charge in [-0.05, 0) is 25.0 Å². The molecule has 0 N–H and O–H groups in total. The van der Waals surface area contributed by atoms with E-state index in [2.05, 4.69) is 29.8 Å². The van der Waals surface area contributed by atoms with Crippen LogP contribution in [0, 0.1) is 18.2 Å². The van der Waals surface area contributed by atoms with Crippen LogP contribution in [-0.4, -0.2) is 10.9 Å². The van der Waals surface area contributed by atoms with Crippen molar-refractivity contribution in [2.75, 3.05) is 0 Å². The van der Waals surface area contributed by atoms with Crippen LogP contribution >= 0.6 is 15.9 Å². The highest BCUT2D eigenvalue weighted by Gasteiger charge is 2.48. The van der Waals surface area contributed by atoms with Crippen LogP contribution in [0.5, 0.6) is 5.75 Å². The van der Waals surface area contributed by atoms with Gasteiger partial charge in [-0.15, -0.1) is 0 Å². The fraction of sp³-hybridized carbons (Fsp3) is 0.538. The standard InChI is InChI=1S/C13H16BrFO/c1-8-5-4-6-9(12(8)15)16-11-7-10(14)13(11,2)3/h4-6,10-11H,7H2,1-3H3. The van der Waals surface area contributed by atoms with Crippen molar-refractivity contribution in [1.82, 2.24) is 0 Å². The molecule has 0 aromatic heterocycles. The van der Waals surface area contributed by atoms with Crippen molar-refractivity contribution >= 4 is 15.9 Å². The summed E-state index contributed by atoms with van der Waals surface area (Å²) in [4.78, 5) is 0.456. The predicted molar refractivity (Wildman–Crippen MR) is 66.7 cm³/mol. The molecule has 1 nitrogen and oxygen atoms in total. The van der Waals surface area contributed by atoms with Gasteiger partial charge in [-0.1, -0.05) is 41.9 Å². The van der Waals surface area contributed by atoms with Crippen molar-refractivity contribution in [1.29, 1.82) is 0 Å². The first-order valence-corrected chi connectivity index (χ1v) is 6.40. The number of halogens is 2. The lowest BCUT2D eigenvalue weighted by molar-refractivity contribution is -0.0102. The van der Waals surface area contributed by atoms with E-state index in [-0.39, 0.29) is 17.3 Å². The fourth-order valence-corrected chi connectivity index (χ4v) is 2.54. The summed E-state index contributed by atoms with van der Waals surface area (Å²) in [5.41, 5.74) is 0.695. The number of benzene rings is 1. The van der Waals surface area contributed by atoms with E-state index in [4.69, 9.17) is 4.74 Å². The third kappa shape index (κ3) is 1.86. The molecule has 1 aliphatic rings. The Labute approximate surface area is 104 Å². The third-order valence-electron chi connectivity index (χ3n) is 3.48. The monoisotopic (exact) mass is 286 g/mol. The summed E-state index contributed by atoms with van der Waals surface area (Å²) >= 11 is 3.59. The molecule has 1 aliphatic carbocycles. The maximum Gasteiger partial charge on any atom is 0.167 e. The van der Waals surface area contributed by atoms with E-state index in [0.29, 0.717) is 16.1 Å². The molecule has 1 aromatic carbocycles. The van der Waals surface area contributed by atoms with Crippen LogP contribution in [0.1, 0.15) is 25.8 Å². The first-order chi connectivity index (χ1) is 7.43. The maximum atomic E-state index is 13.7. The maximum absolute atomic E-state index is 13.7. The summed E-state index contributed by atoms with van der Waals surface area (Å²) in [6.07, 6.45) is 1.02. The Morgan fingerprint density at radius 3 is 2.69 bits per heavy atom. The highest BCUT2D eigenvalue weighted by atomic mass is 79.9. The number of aryl methyl sites for hydroxylation is 1. The van der Waals surface area contributed by atoms with Gasteiger partial charge >= 0.3 is 0 Å². The van der Waals surface area contributed by atoms with Crippen molar-refractivity contribution in [3.05, 3.63) is 29.6 Å². The van der Waals surface area contributed by atoms with Crippen molar-refractivity contribution in [3.63, 3.8) is 0 Å². The zero-order chi connectivity index (χ0) is 11.9. The molecule has 0 spiro atoms. The zero-order valence-electron chi connectivity index (χ0n) is 9.76. The van der Waals surface area contributed by atoms with Gasteiger partial charge in [-0.3, -0.25) is 0 Å². The molecule has 2 rings (SSSR count). The number of ether oxygens (including phenoxy) is 1. The zero-order valence-corrected chi connectivity index (χ0v) is 11.3. The normalized spacial score (nSPS) is 27.3. The largest absolute Gasteiger partial charge is 0.487 e. The van der Waals surface area contributed by atoms with E-state index >= 15 is 0 Å². The molecule has 0 saturated heterocycles. The van der Waals surface area contributed by atoms with Gasteiger partial charge < -0.3 is 4.74 Å². The molecule has 1 fully saturated rings. The average molecular weight is 287 g/mol. The minimum absolute atomic E-state index is 0.0657. The van der Waals surface area contributed by atoms with E-state index in [9.17, 15) is 4.39 Å². The molecule has 0 aliphatic heterocycles. The lowest BCUT2D eigenvalue weighted by Crippen LogP contribution is -2.53. The molecule has 1 aromatic rings. The average Bonchev–Trinajstić information content (AvgIpc) is 2.24. The minimum atomic E-state index is -0.240. The lowest BCUT2D eigenvalue weighted by atomic mass is 9.69. The smallest absolute Gasteiger partial charge is 0.167 e. The quantitative estimate of drug-likeness (QED) is 0.745. The first-order valence-electron chi connectivity index (χ1n) is 5.48. The van der Waals surface area contributed by atoms with Crippen LogP contribution in [0.2, 0.25) is 0 Å². The fourth-order valence-electron chi connectivity index (χ4n) is 1.90. The Balaban J connectivity index is 2.14. The second-order valence-corrected chi connectivity index (χ2v) is 6.12. The molecule has 2 atom stereocenters. The Bertz CT molecular complexity index is 403. The van der Waals surface area contributed by atoms with Crippen LogP contribution in [0.4, 0.5) is 4.39 Å². The van der Waals surface area contributed by atoms with Crippen LogP contribution in [0.3, 0.4) is 0 Å². The molecule has 0 amide bonds. The van der Waals surface area contributed by atoms with Crippen LogP contribution in [0.15, 0.2) is 18.2 Å². The molecule has 2 unspecified atom stereocenters. The Kier molecular flexibility index (Phi) is 2.99. The number of alkyl halides is 1. The Hall–Kier alpha value is -0.570. The summed E-state index contributed by atoms with van der Waals surface area (Å²) in [6, 6.07) is 5.27. The van der Waals surface area contributed by atoms with Gasteiger partial charge in [0.1, 0.15) is 6.10 Å². The molecule has 1 saturated carbocycles. The van der Waals surface area contributed by atoms with E-state index in [1.54, 1.807) is 19.1 Å². The van der Waals surface area contributed by atoms with Gasteiger partial charge in [-0.2, -0.15) is 0 Å². The number of hydrogen-bond acceptors (Lipinski definition) is 1. The summed E-state index contributed by atoms with van der Waals surface area (Å²) in [7, 11) is 0. The van der Waals surface area contributed by atoms with Crippen molar-refractivity contribution in [2.45, 2.75) is 38.1 Å². The molecule has 16 heavy (non-hydrogen) atoms. The molecule has 0 radical (unpaired) electrons. The molecule has 88 valence electrons. The highest BCUT2D eigenvalue weighted by molar-refractivity contribution is 9.09. The molecule has 0 heterocycles. The van der Waals surface area contributed by atoms with Crippen molar-refractivity contribution in [3.8, 4) is 5.75 Å². The van der Waals surface area contributed by atoms with E-state index < -0.39 is 0 Å². The molecular weight excluding hydrogens is 271 g/mol. The van der Waals surface area contributed by atoms with Crippen molar-refractivity contribution in [2.24, 2.45) is 5.41 Å². The minimum Gasteiger partial charge on any atom is -0.487 e. The highest BCUT2D eigenvalue weighted by Crippen LogP contribution is 2.47. The summed E-state index contributed by atoms with van der Waals surface area (Å²) < 4.78 is 19.5. The molecule has 0 bridgehead atoms. The van der Waals surface area contributed by atoms with Gasteiger partial charge in [-0.25, -0.2) is 4.39 Å². The van der Waals surface area contributed by atoms with E-state index in [1.165, 1.54) is 0 Å². The van der Waals surface area contributed by atoms with Gasteiger partial charge in [0.05, 0.1) is 0 Å². The van der Waals surface area contributed by atoms with E-state index in [0.717, 1.165) is 6.42 Å². The van der Waals surface area contributed by atoms with Gasteiger partial charge in [0.2, 0.25) is 0 Å². The second kappa shape index (κ2) is 4.02. The van der Waals surface area contributed by atoms with Gasteiger partial charge in [0, 0.05) is 10.2 Å². The molecule has 3 heteroatoms. The van der Waals surface area contributed by atoms with Crippen molar-refractivity contribution < 1.29 is 9.13 Å². The first kappa shape index (κ1) is 11.9. The number of rotatable bonds is 2. The van der Waals surface area contributed by atoms with Gasteiger partial charge in [0.25, 0.3) is 0 Å². The summed E-state index contributed by atoms with van der Waals surface area (Å²) in [6.45, 7) is 6.02. The van der Waals surface area contributed by atoms with Crippen LogP contribution in [-0.2, 0) is 0 Å². The predicted octanol–water partition coefficient (Wildman–Crippen LogP) is 4.07. The summed E-state index contributed by atoms with van der Waals surface area (Å²) in [5.74, 6) is 0.133. The second-order valence-electron chi connectivity index (χ2n) is 5.02.